The van der Waals surface area contributed by atoms with Crippen LogP contribution in [0.1, 0.15) is 26.7 Å². The van der Waals surface area contributed by atoms with Gasteiger partial charge >= 0.3 is 0 Å². The lowest BCUT2D eigenvalue weighted by atomic mass is 10.5. The van der Waals surface area contributed by atoms with Crippen LogP contribution in [0.2, 0.25) is 0 Å². The molecule has 0 fully saturated rings. The molecule has 0 N–H and O–H groups in total. The molecule has 0 radical (unpaired) electrons. The topological polar surface area (TPSA) is 29.5 Å². The molecule has 3 nitrogen and oxygen atoms in total. The Kier molecular flexibility index (Phi) is 8.92. The van der Waals surface area contributed by atoms with Crippen molar-refractivity contribution in [2.45, 2.75) is 26.7 Å². The van der Waals surface area contributed by atoms with Gasteiger partial charge < -0.3 is 9.42 Å². The van der Waals surface area contributed by atoms with Gasteiger partial charge in [-0.05, 0) is 26.9 Å². The van der Waals surface area contributed by atoms with Gasteiger partial charge in [-0.25, -0.2) is 0 Å². The Balaban J connectivity index is 3.95. The molecule has 0 amide bonds. The van der Waals surface area contributed by atoms with Crippen LogP contribution in [0.25, 0.3) is 0 Å². The van der Waals surface area contributed by atoms with E-state index in [0.717, 1.165) is 25.1 Å². The molecular weight excluding hydrogens is 229 g/mol. The van der Waals surface area contributed by atoms with Crippen LogP contribution in [0.5, 0.6) is 0 Å². The third kappa shape index (κ3) is 8.32. The summed E-state index contributed by atoms with van der Waals surface area (Å²) in [5, 5.41) is 0. The lowest BCUT2D eigenvalue weighted by Gasteiger charge is -2.18. The van der Waals surface area contributed by atoms with Gasteiger partial charge in [0.15, 0.2) is 0 Å². The highest BCUT2D eigenvalue weighted by Gasteiger charge is 2.22. The lowest BCUT2D eigenvalue weighted by Crippen LogP contribution is -2.15. The van der Waals surface area contributed by atoms with Gasteiger partial charge in [0.25, 0.3) is 6.57 Å². The molecular formula is C10H24NO2PS. The van der Waals surface area contributed by atoms with E-state index in [9.17, 15) is 4.57 Å². The van der Waals surface area contributed by atoms with Gasteiger partial charge in [-0.1, -0.05) is 25.2 Å². The van der Waals surface area contributed by atoms with E-state index in [1.165, 1.54) is 11.4 Å². The first-order valence-electron chi connectivity index (χ1n) is 5.57. The Morgan fingerprint density at radius 2 is 1.93 bits per heavy atom. The fourth-order valence-corrected chi connectivity index (χ4v) is 5.56. The second kappa shape index (κ2) is 8.63. The van der Waals surface area contributed by atoms with Crippen LogP contribution in [0.4, 0.5) is 0 Å². The molecule has 0 rings (SSSR count). The van der Waals surface area contributed by atoms with Crippen LogP contribution in [-0.4, -0.2) is 44.1 Å². The molecule has 0 aromatic heterocycles. The molecule has 92 valence electrons. The molecule has 0 saturated carbocycles. The summed E-state index contributed by atoms with van der Waals surface area (Å²) in [6.45, 7) is 3.26. The SMILES string of the molecule is CCCOP(=O)(CCC)SCCN(C)C. The van der Waals surface area contributed by atoms with Gasteiger partial charge in [0, 0.05) is 18.5 Å². The monoisotopic (exact) mass is 253 g/mol. The van der Waals surface area contributed by atoms with Crippen molar-refractivity contribution in [3.8, 4) is 0 Å². The summed E-state index contributed by atoms with van der Waals surface area (Å²) >= 11 is 1.51. The maximum absolute atomic E-state index is 12.3. The van der Waals surface area contributed by atoms with Gasteiger partial charge in [0.1, 0.15) is 0 Å². The summed E-state index contributed by atoms with van der Waals surface area (Å²) in [6, 6.07) is 0. The van der Waals surface area contributed by atoms with Crippen molar-refractivity contribution in [3.63, 3.8) is 0 Å². The van der Waals surface area contributed by atoms with Gasteiger partial charge in [-0.3, -0.25) is 4.57 Å². The van der Waals surface area contributed by atoms with E-state index in [0.29, 0.717) is 12.8 Å². The molecule has 0 aromatic rings. The van der Waals surface area contributed by atoms with E-state index in [-0.39, 0.29) is 0 Å². The highest BCUT2D eigenvalue weighted by atomic mass is 32.7. The van der Waals surface area contributed by atoms with E-state index in [1.54, 1.807) is 0 Å². The van der Waals surface area contributed by atoms with Crippen LogP contribution in [-0.2, 0) is 9.09 Å². The average Bonchev–Trinajstić information content (AvgIpc) is 2.15. The molecule has 1 atom stereocenters. The molecule has 0 bridgehead atoms. The minimum atomic E-state index is -2.40. The van der Waals surface area contributed by atoms with Crippen LogP contribution >= 0.6 is 18.0 Å². The summed E-state index contributed by atoms with van der Waals surface area (Å²) in [4.78, 5) is 2.10. The molecule has 0 saturated heterocycles. The summed E-state index contributed by atoms with van der Waals surface area (Å²) in [7, 11) is 4.05. The number of nitrogens with zero attached hydrogens (tertiary/aromatic N) is 1. The van der Waals surface area contributed by atoms with Crippen molar-refractivity contribution in [1.82, 2.24) is 4.90 Å². The predicted molar refractivity (Wildman–Crippen MR) is 70.0 cm³/mol. The first kappa shape index (κ1) is 15.5. The zero-order chi connectivity index (χ0) is 11.7. The quantitative estimate of drug-likeness (QED) is 0.590. The molecule has 0 aliphatic carbocycles. The summed E-state index contributed by atoms with van der Waals surface area (Å²) in [5.41, 5.74) is 0. The van der Waals surface area contributed by atoms with Crippen molar-refractivity contribution in [1.29, 1.82) is 0 Å². The summed E-state index contributed by atoms with van der Waals surface area (Å²) < 4.78 is 17.8. The normalized spacial score (nSPS) is 15.5. The van der Waals surface area contributed by atoms with Crippen molar-refractivity contribution < 1.29 is 9.09 Å². The van der Waals surface area contributed by atoms with Crippen molar-refractivity contribution in [2.24, 2.45) is 0 Å². The van der Waals surface area contributed by atoms with Crippen molar-refractivity contribution in [2.75, 3.05) is 39.2 Å². The van der Waals surface area contributed by atoms with Gasteiger partial charge in [-0.2, -0.15) is 0 Å². The first-order valence-corrected chi connectivity index (χ1v) is 8.97. The number of hydrogen-bond donors (Lipinski definition) is 0. The van der Waals surface area contributed by atoms with Crippen LogP contribution in [0.15, 0.2) is 0 Å². The van der Waals surface area contributed by atoms with Crippen molar-refractivity contribution in [3.05, 3.63) is 0 Å². The van der Waals surface area contributed by atoms with Crippen LogP contribution in [0.3, 0.4) is 0 Å². The molecule has 5 heteroatoms. The second-order valence-electron chi connectivity index (χ2n) is 3.80. The highest BCUT2D eigenvalue weighted by Crippen LogP contribution is 2.59. The molecule has 0 aliphatic rings. The van der Waals surface area contributed by atoms with E-state index >= 15 is 0 Å². The molecule has 1 unspecified atom stereocenters. The Morgan fingerprint density at radius 1 is 1.27 bits per heavy atom. The largest absolute Gasteiger partial charge is 0.321 e. The minimum Gasteiger partial charge on any atom is -0.321 e. The first-order chi connectivity index (χ1) is 7.04. The van der Waals surface area contributed by atoms with Crippen LogP contribution < -0.4 is 0 Å². The van der Waals surface area contributed by atoms with E-state index in [2.05, 4.69) is 11.8 Å². The Bertz CT molecular complexity index is 200. The Morgan fingerprint density at radius 3 is 2.40 bits per heavy atom. The van der Waals surface area contributed by atoms with Gasteiger partial charge in [0.05, 0.1) is 6.61 Å². The standard InChI is InChI=1S/C10H24NO2PS/c1-5-8-13-14(12,9-6-2)15-10-7-11(3)4/h5-10H2,1-4H3. The van der Waals surface area contributed by atoms with Crippen molar-refractivity contribution >= 4 is 18.0 Å². The lowest BCUT2D eigenvalue weighted by molar-refractivity contribution is 0.324. The average molecular weight is 253 g/mol. The smallest absolute Gasteiger partial charge is 0.257 e. The molecule has 0 aromatic carbocycles. The predicted octanol–water partition coefficient (Wildman–Crippen LogP) is 3.31. The zero-order valence-electron chi connectivity index (χ0n) is 10.4. The Labute approximate surface area is 98.1 Å². The number of rotatable bonds is 9. The fraction of sp³-hybridized carbons (Fsp3) is 1.00. The van der Waals surface area contributed by atoms with Gasteiger partial charge in [-0.15, -0.1) is 0 Å². The third-order valence-corrected chi connectivity index (χ3v) is 6.74. The second-order valence-corrected chi connectivity index (χ2v) is 8.84. The maximum Gasteiger partial charge on any atom is 0.257 e. The van der Waals surface area contributed by atoms with E-state index < -0.39 is 6.57 Å². The third-order valence-electron chi connectivity index (χ3n) is 1.82. The summed E-state index contributed by atoms with van der Waals surface area (Å²) in [6.07, 6.45) is 2.56. The number of hydrogen-bond acceptors (Lipinski definition) is 4. The van der Waals surface area contributed by atoms with Gasteiger partial charge in [0.2, 0.25) is 0 Å². The molecule has 0 aliphatic heterocycles. The van der Waals surface area contributed by atoms with Crippen LogP contribution in [0, 0.1) is 0 Å². The minimum absolute atomic E-state index is 0.617. The van der Waals surface area contributed by atoms with E-state index in [1.807, 2.05) is 21.0 Å². The maximum atomic E-state index is 12.3. The highest BCUT2D eigenvalue weighted by molar-refractivity contribution is 8.56. The fourth-order valence-electron chi connectivity index (χ4n) is 1.03. The summed E-state index contributed by atoms with van der Waals surface area (Å²) in [5.74, 6) is 0.883. The molecule has 0 heterocycles. The molecule has 0 spiro atoms. The Hall–Kier alpha value is 0.500. The zero-order valence-corrected chi connectivity index (χ0v) is 12.1. The molecule has 15 heavy (non-hydrogen) atoms. The van der Waals surface area contributed by atoms with E-state index in [4.69, 9.17) is 4.52 Å².